The van der Waals surface area contributed by atoms with E-state index in [9.17, 15) is 4.48 Å². The highest BCUT2D eigenvalue weighted by atomic mass is 19.2. The van der Waals surface area contributed by atoms with Gasteiger partial charge in [0.15, 0.2) is 0 Å². The van der Waals surface area contributed by atoms with E-state index < -0.39 is 0 Å². The molecule has 2 N–H and O–H groups in total. The first kappa shape index (κ1) is 9.67. The summed E-state index contributed by atoms with van der Waals surface area (Å²) in [6.45, 7) is 0.529. The number of rotatable bonds is 2. The van der Waals surface area contributed by atoms with Gasteiger partial charge >= 0.3 is 0 Å². The summed E-state index contributed by atoms with van der Waals surface area (Å²) in [5, 5.41) is 0.254. The zero-order valence-corrected chi connectivity index (χ0v) is 8.02. The number of nitrogens with zero attached hydrogens (tertiary/aromatic N) is 2. The molecule has 1 aromatic rings. The van der Waals surface area contributed by atoms with E-state index in [0.717, 1.165) is 5.56 Å². The third-order valence-electron chi connectivity index (χ3n) is 1.92. The Morgan fingerprint density at radius 2 is 2.07 bits per heavy atom. The van der Waals surface area contributed by atoms with Crippen molar-refractivity contribution in [2.24, 2.45) is 4.99 Å². The SMILES string of the molecule is FN1NC=CC(=NCc2ccccc2)N1. The Morgan fingerprint density at radius 1 is 1.27 bits per heavy atom. The van der Waals surface area contributed by atoms with E-state index in [0.29, 0.717) is 12.4 Å². The molecule has 0 radical (unpaired) electrons. The summed E-state index contributed by atoms with van der Waals surface area (Å²) in [7, 11) is 0. The molecule has 0 saturated heterocycles. The van der Waals surface area contributed by atoms with Crippen molar-refractivity contribution in [3.63, 3.8) is 0 Å². The van der Waals surface area contributed by atoms with Crippen molar-refractivity contribution in [1.82, 2.24) is 16.2 Å². The van der Waals surface area contributed by atoms with Crippen LogP contribution in [0.4, 0.5) is 4.48 Å². The van der Waals surface area contributed by atoms with Crippen LogP contribution in [0.2, 0.25) is 0 Å². The van der Waals surface area contributed by atoms with Crippen LogP contribution in [0.3, 0.4) is 0 Å². The number of halogens is 1. The molecule has 0 fully saturated rings. The fourth-order valence-corrected chi connectivity index (χ4v) is 1.20. The molecule has 1 aliphatic heterocycles. The summed E-state index contributed by atoms with van der Waals surface area (Å²) < 4.78 is 12.6. The molecule has 2 rings (SSSR count). The Labute approximate surface area is 87.0 Å². The van der Waals surface area contributed by atoms with Gasteiger partial charge in [0.2, 0.25) is 0 Å². The van der Waals surface area contributed by atoms with Crippen molar-refractivity contribution in [3.05, 3.63) is 48.2 Å². The van der Waals surface area contributed by atoms with Gasteiger partial charge in [0.1, 0.15) is 5.84 Å². The van der Waals surface area contributed by atoms with Gasteiger partial charge in [-0.15, -0.1) is 0 Å². The van der Waals surface area contributed by atoms with Crippen molar-refractivity contribution in [1.29, 1.82) is 0 Å². The maximum Gasteiger partial charge on any atom is 0.140 e. The number of nitrogens with one attached hydrogen (secondary N) is 2. The summed E-state index contributed by atoms with van der Waals surface area (Å²) >= 11 is 0. The zero-order chi connectivity index (χ0) is 10.5. The number of aliphatic imine (C=N–C) groups is 1. The van der Waals surface area contributed by atoms with E-state index in [4.69, 9.17) is 0 Å². The lowest BCUT2D eigenvalue weighted by Crippen LogP contribution is -2.45. The molecule has 78 valence electrons. The van der Waals surface area contributed by atoms with Crippen LogP contribution in [0.1, 0.15) is 5.56 Å². The lowest BCUT2D eigenvalue weighted by atomic mass is 10.2. The van der Waals surface area contributed by atoms with Crippen LogP contribution in [0.5, 0.6) is 0 Å². The second-order valence-corrected chi connectivity index (χ2v) is 3.04. The molecule has 1 aliphatic rings. The van der Waals surface area contributed by atoms with Gasteiger partial charge in [-0.25, -0.2) is 0 Å². The van der Waals surface area contributed by atoms with Gasteiger partial charge < -0.3 is 0 Å². The lowest BCUT2D eigenvalue weighted by Gasteiger charge is -2.17. The zero-order valence-electron chi connectivity index (χ0n) is 8.02. The summed E-state index contributed by atoms with van der Waals surface area (Å²) in [6, 6.07) is 9.79. The normalized spacial score (nSPS) is 18.6. The Hall–Kier alpha value is -1.88. The predicted molar refractivity (Wildman–Crippen MR) is 55.9 cm³/mol. The molecular weight excluding hydrogens is 195 g/mol. The maximum absolute atomic E-state index is 12.6. The molecule has 1 heterocycles. The highest BCUT2D eigenvalue weighted by molar-refractivity contribution is 5.92. The van der Waals surface area contributed by atoms with Crippen molar-refractivity contribution in [2.75, 3.05) is 0 Å². The molecule has 0 amide bonds. The largest absolute Gasteiger partial charge is 0.280 e. The topological polar surface area (TPSA) is 39.7 Å². The van der Waals surface area contributed by atoms with Gasteiger partial charge in [0.25, 0.3) is 0 Å². The number of hydrogen-bond acceptors (Lipinski definition) is 3. The molecule has 0 atom stereocenters. The van der Waals surface area contributed by atoms with Crippen LogP contribution in [-0.4, -0.2) is 11.2 Å². The molecular formula is C10H11FN4. The van der Waals surface area contributed by atoms with Crippen LogP contribution in [0.25, 0.3) is 0 Å². The molecule has 0 aliphatic carbocycles. The number of amidine groups is 1. The molecule has 0 saturated carbocycles. The fraction of sp³-hybridized carbons (Fsp3) is 0.100. The van der Waals surface area contributed by atoms with E-state index in [1.54, 1.807) is 6.08 Å². The highest BCUT2D eigenvalue weighted by Crippen LogP contribution is 2.01. The Kier molecular flexibility index (Phi) is 2.94. The minimum atomic E-state index is 0.254. The Bertz CT molecular complexity index is 374. The van der Waals surface area contributed by atoms with Crippen molar-refractivity contribution in [2.45, 2.75) is 6.54 Å². The molecule has 0 bridgehead atoms. The standard InChI is InChI=1S/C10H11FN4/c11-15-13-7-6-10(14-15)12-8-9-4-2-1-3-5-9/h1-7,13H,8H2,(H,12,14). The third kappa shape index (κ3) is 2.78. The lowest BCUT2D eigenvalue weighted by molar-refractivity contribution is -0.0486. The van der Waals surface area contributed by atoms with E-state index in [1.807, 2.05) is 30.3 Å². The van der Waals surface area contributed by atoms with Crippen molar-refractivity contribution >= 4 is 5.84 Å². The van der Waals surface area contributed by atoms with E-state index >= 15 is 0 Å². The molecule has 0 unspecified atom stereocenters. The molecule has 0 aromatic heterocycles. The van der Waals surface area contributed by atoms with Gasteiger partial charge in [-0.05, 0) is 11.6 Å². The highest BCUT2D eigenvalue weighted by Gasteiger charge is 2.05. The minimum absolute atomic E-state index is 0.254. The van der Waals surface area contributed by atoms with Gasteiger partial charge in [-0.3, -0.25) is 15.8 Å². The Morgan fingerprint density at radius 3 is 2.80 bits per heavy atom. The van der Waals surface area contributed by atoms with Crippen LogP contribution in [-0.2, 0) is 6.54 Å². The van der Waals surface area contributed by atoms with Gasteiger partial charge in [-0.2, -0.15) is 0 Å². The van der Waals surface area contributed by atoms with Crippen LogP contribution >= 0.6 is 0 Å². The molecule has 0 spiro atoms. The monoisotopic (exact) mass is 206 g/mol. The summed E-state index contributed by atoms with van der Waals surface area (Å²) in [4.78, 5) is 4.20. The summed E-state index contributed by atoms with van der Waals surface area (Å²) in [6.07, 6.45) is 3.14. The first-order valence-corrected chi connectivity index (χ1v) is 4.58. The van der Waals surface area contributed by atoms with E-state index in [2.05, 4.69) is 15.8 Å². The van der Waals surface area contributed by atoms with Crippen LogP contribution in [0.15, 0.2) is 47.6 Å². The van der Waals surface area contributed by atoms with Crippen molar-refractivity contribution < 1.29 is 4.48 Å². The summed E-state index contributed by atoms with van der Waals surface area (Å²) in [5.74, 6) is 0.486. The second-order valence-electron chi connectivity index (χ2n) is 3.04. The van der Waals surface area contributed by atoms with Crippen LogP contribution < -0.4 is 10.9 Å². The average Bonchev–Trinajstić information content (AvgIpc) is 2.28. The molecule has 15 heavy (non-hydrogen) atoms. The van der Waals surface area contributed by atoms with Gasteiger partial charge in [0.05, 0.1) is 6.54 Å². The number of hydrogen-bond donors (Lipinski definition) is 2. The average molecular weight is 206 g/mol. The van der Waals surface area contributed by atoms with Crippen LogP contribution in [0, 0.1) is 0 Å². The van der Waals surface area contributed by atoms with Gasteiger partial charge in [-0.1, -0.05) is 34.8 Å². The number of benzene rings is 1. The number of hydrazine groups is 2. The maximum atomic E-state index is 12.6. The predicted octanol–water partition coefficient (Wildman–Crippen LogP) is 1.31. The third-order valence-corrected chi connectivity index (χ3v) is 1.92. The quantitative estimate of drug-likeness (QED) is 0.717. The smallest absolute Gasteiger partial charge is 0.140 e. The minimum Gasteiger partial charge on any atom is -0.280 e. The summed E-state index contributed by atoms with van der Waals surface area (Å²) in [5.41, 5.74) is 5.80. The van der Waals surface area contributed by atoms with E-state index in [-0.39, 0.29) is 5.34 Å². The molecule has 5 heteroatoms. The second kappa shape index (κ2) is 4.56. The molecule has 1 aromatic carbocycles. The molecule has 4 nitrogen and oxygen atoms in total. The van der Waals surface area contributed by atoms with E-state index in [1.165, 1.54) is 6.20 Å². The first-order chi connectivity index (χ1) is 7.34. The fourth-order valence-electron chi connectivity index (χ4n) is 1.20. The first-order valence-electron chi connectivity index (χ1n) is 4.58. The Balaban J connectivity index is 2.00. The van der Waals surface area contributed by atoms with Gasteiger partial charge in [0, 0.05) is 11.5 Å². The van der Waals surface area contributed by atoms with Crippen molar-refractivity contribution in [3.8, 4) is 0 Å².